The smallest absolute Gasteiger partial charge is 0.255 e. The molecule has 3 nitrogen and oxygen atoms in total. The van der Waals surface area contributed by atoms with E-state index < -0.39 is 0 Å². The Bertz CT molecular complexity index is 393. The highest BCUT2D eigenvalue weighted by Gasteiger charge is 2.18. The lowest BCUT2D eigenvalue weighted by molar-refractivity contribution is 0.0727. The van der Waals surface area contributed by atoms with Crippen molar-refractivity contribution in [3.8, 4) is 0 Å². The molecule has 0 aliphatic carbocycles. The van der Waals surface area contributed by atoms with Gasteiger partial charge in [0.15, 0.2) is 0 Å². The fourth-order valence-corrected chi connectivity index (χ4v) is 2.14. The van der Waals surface area contributed by atoms with E-state index in [1.165, 1.54) is 0 Å². The monoisotopic (exact) mass is 298 g/mol. The van der Waals surface area contributed by atoms with E-state index in [4.69, 9.17) is 0 Å². The predicted molar refractivity (Wildman–Crippen MR) is 72.9 cm³/mol. The van der Waals surface area contributed by atoms with Crippen LogP contribution < -0.4 is 0 Å². The van der Waals surface area contributed by atoms with E-state index in [1.807, 2.05) is 7.05 Å². The van der Waals surface area contributed by atoms with Crippen LogP contribution in [0.2, 0.25) is 0 Å². The van der Waals surface area contributed by atoms with Gasteiger partial charge in [-0.3, -0.25) is 9.78 Å². The third kappa shape index (κ3) is 4.11. The third-order valence-electron chi connectivity index (χ3n) is 2.75. The number of pyridine rings is 1. The van der Waals surface area contributed by atoms with Gasteiger partial charge < -0.3 is 4.90 Å². The molecule has 1 aromatic rings. The van der Waals surface area contributed by atoms with Gasteiger partial charge in [-0.2, -0.15) is 0 Å². The van der Waals surface area contributed by atoms with Crippen LogP contribution in [0.3, 0.4) is 0 Å². The number of carbonyl (C=O) groups excluding carboxylic acids is 1. The highest BCUT2D eigenvalue weighted by atomic mass is 79.9. The Morgan fingerprint density at radius 1 is 1.41 bits per heavy atom. The molecule has 0 fully saturated rings. The fraction of sp³-hybridized carbons (Fsp3) is 0.538. The molecule has 0 aliphatic heterocycles. The Morgan fingerprint density at radius 3 is 2.59 bits per heavy atom. The summed E-state index contributed by atoms with van der Waals surface area (Å²) in [5, 5.41) is 0. The molecular weight excluding hydrogens is 280 g/mol. The molecule has 1 unspecified atom stereocenters. The molecule has 1 rings (SSSR count). The van der Waals surface area contributed by atoms with E-state index in [-0.39, 0.29) is 11.9 Å². The zero-order valence-electron chi connectivity index (χ0n) is 10.8. The van der Waals surface area contributed by atoms with Gasteiger partial charge >= 0.3 is 0 Å². The maximum atomic E-state index is 12.2. The minimum absolute atomic E-state index is 0.0203. The topological polar surface area (TPSA) is 33.2 Å². The van der Waals surface area contributed by atoms with Crippen LogP contribution >= 0.6 is 15.9 Å². The average Bonchev–Trinajstić information content (AvgIpc) is 2.26. The second-order valence-corrected chi connectivity index (χ2v) is 5.70. The van der Waals surface area contributed by atoms with Crippen molar-refractivity contribution in [1.82, 2.24) is 9.88 Å². The lowest BCUT2D eigenvalue weighted by Gasteiger charge is -2.26. The lowest BCUT2D eigenvalue weighted by atomic mass is 10.0. The summed E-state index contributed by atoms with van der Waals surface area (Å²) < 4.78 is 0.827. The minimum atomic E-state index is 0.0203. The van der Waals surface area contributed by atoms with Gasteiger partial charge in [-0.25, -0.2) is 0 Å². The standard InChI is InChI=1S/C13H19BrN2O/c1-9(2)5-10(3)16(4)13(17)11-6-12(14)8-15-7-11/h6-10H,5H2,1-4H3. The number of hydrogen-bond acceptors (Lipinski definition) is 2. The number of halogens is 1. The summed E-state index contributed by atoms with van der Waals surface area (Å²) in [7, 11) is 1.84. The lowest BCUT2D eigenvalue weighted by Crippen LogP contribution is -2.35. The molecule has 0 saturated carbocycles. The third-order valence-corrected chi connectivity index (χ3v) is 3.18. The number of carbonyl (C=O) groups is 1. The molecule has 94 valence electrons. The van der Waals surface area contributed by atoms with E-state index in [2.05, 4.69) is 41.7 Å². The van der Waals surface area contributed by atoms with Gasteiger partial charge in [0.05, 0.1) is 5.56 Å². The van der Waals surface area contributed by atoms with Gasteiger partial charge in [0.2, 0.25) is 0 Å². The SMILES string of the molecule is CC(C)CC(C)N(C)C(=O)c1cncc(Br)c1. The number of rotatable bonds is 4. The molecule has 1 aromatic heterocycles. The molecular formula is C13H19BrN2O. The van der Waals surface area contributed by atoms with Crippen LogP contribution in [-0.4, -0.2) is 28.9 Å². The van der Waals surface area contributed by atoms with Crippen molar-refractivity contribution in [3.63, 3.8) is 0 Å². The summed E-state index contributed by atoms with van der Waals surface area (Å²) >= 11 is 3.32. The Morgan fingerprint density at radius 2 is 2.06 bits per heavy atom. The fourth-order valence-electron chi connectivity index (χ4n) is 1.77. The highest BCUT2D eigenvalue weighted by molar-refractivity contribution is 9.10. The van der Waals surface area contributed by atoms with Crippen LogP contribution in [0.1, 0.15) is 37.6 Å². The number of amides is 1. The van der Waals surface area contributed by atoms with Crippen molar-refractivity contribution in [2.24, 2.45) is 5.92 Å². The van der Waals surface area contributed by atoms with E-state index in [0.717, 1.165) is 10.9 Å². The van der Waals surface area contributed by atoms with Crippen molar-refractivity contribution in [2.75, 3.05) is 7.05 Å². The van der Waals surface area contributed by atoms with Crippen LogP contribution in [0.25, 0.3) is 0 Å². The van der Waals surface area contributed by atoms with Gasteiger partial charge in [-0.15, -0.1) is 0 Å². The van der Waals surface area contributed by atoms with Gasteiger partial charge in [0, 0.05) is 30.0 Å². The quantitative estimate of drug-likeness (QED) is 0.854. The second kappa shape index (κ2) is 6.15. The molecule has 1 amide bonds. The summed E-state index contributed by atoms with van der Waals surface area (Å²) in [6.45, 7) is 6.40. The molecule has 0 radical (unpaired) electrons. The largest absolute Gasteiger partial charge is 0.339 e. The Labute approximate surface area is 111 Å². The minimum Gasteiger partial charge on any atom is -0.339 e. The Kier molecular flexibility index (Phi) is 5.12. The van der Waals surface area contributed by atoms with Crippen molar-refractivity contribution in [3.05, 3.63) is 28.5 Å². The molecule has 17 heavy (non-hydrogen) atoms. The van der Waals surface area contributed by atoms with Crippen molar-refractivity contribution < 1.29 is 4.79 Å². The van der Waals surface area contributed by atoms with Gasteiger partial charge in [-0.1, -0.05) is 13.8 Å². The number of aromatic nitrogens is 1. The molecule has 1 atom stereocenters. The molecule has 1 heterocycles. The summed E-state index contributed by atoms with van der Waals surface area (Å²) in [6, 6.07) is 2.04. The molecule has 0 spiro atoms. The van der Waals surface area contributed by atoms with E-state index in [1.54, 1.807) is 23.4 Å². The van der Waals surface area contributed by atoms with E-state index >= 15 is 0 Å². The molecule has 0 aromatic carbocycles. The summed E-state index contributed by atoms with van der Waals surface area (Å²) in [6.07, 6.45) is 4.28. The van der Waals surface area contributed by atoms with Crippen molar-refractivity contribution in [1.29, 1.82) is 0 Å². The Balaban J connectivity index is 2.76. The van der Waals surface area contributed by atoms with Crippen LogP contribution in [0, 0.1) is 5.92 Å². The molecule has 0 saturated heterocycles. The van der Waals surface area contributed by atoms with Crippen LogP contribution in [0.4, 0.5) is 0 Å². The van der Waals surface area contributed by atoms with Crippen molar-refractivity contribution in [2.45, 2.75) is 33.2 Å². The highest BCUT2D eigenvalue weighted by Crippen LogP contribution is 2.15. The number of nitrogens with zero attached hydrogens (tertiary/aromatic N) is 2. The normalized spacial score (nSPS) is 12.6. The van der Waals surface area contributed by atoms with Crippen molar-refractivity contribution >= 4 is 21.8 Å². The van der Waals surface area contributed by atoms with Crippen LogP contribution in [-0.2, 0) is 0 Å². The first-order valence-corrected chi connectivity index (χ1v) is 6.58. The number of hydrogen-bond donors (Lipinski definition) is 0. The predicted octanol–water partition coefficient (Wildman–Crippen LogP) is 3.35. The molecule has 4 heteroatoms. The van der Waals surface area contributed by atoms with Gasteiger partial charge in [0.25, 0.3) is 5.91 Å². The molecule has 0 aliphatic rings. The average molecular weight is 299 g/mol. The van der Waals surface area contributed by atoms with Gasteiger partial charge in [0.1, 0.15) is 0 Å². The van der Waals surface area contributed by atoms with Crippen LogP contribution in [0.5, 0.6) is 0 Å². The maximum Gasteiger partial charge on any atom is 0.255 e. The summed E-state index contributed by atoms with van der Waals surface area (Å²) in [5.74, 6) is 0.604. The van der Waals surface area contributed by atoms with Crippen LogP contribution in [0.15, 0.2) is 22.9 Å². The first-order chi connectivity index (χ1) is 7.91. The first kappa shape index (κ1) is 14.2. The zero-order valence-corrected chi connectivity index (χ0v) is 12.4. The molecule has 0 bridgehead atoms. The summed E-state index contributed by atoms with van der Waals surface area (Å²) in [5.41, 5.74) is 0.623. The Hall–Kier alpha value is -0.900. The first-order valence-electron chi connectivity index (χ1n) is 5.79. The van der Waals surface area contributed by atoms with Gasteiger partial charge in [-0.05, 0) is 41.3 Å². The molecule has 0 N–H and O–H groups in total. The maximum absolute atomic E-state index is 12.2. The zero-order chi connectivity index (χ0) is 13.0. The summed E-state index contributed by atoms with van der Waals surface area (Å²) in [4.78, 5) is 18.0. The van der Waals surface area contributed by atoms with E-state index in [9.17, 15) is 4.79 Å². The second-order valence-electron chi connectivity index (χ2n) is 4.79. The van der Waals surface area contributed by atoms with E-state index in [0.29, 0.717) is 11.5 Å².